The Balaban J connectivity index is 2.51. The van der Waals surface area contributed by atoms with Crippen molar-refractivity contribution in [2.45, 2.75) is 0 Å². The van der Waals surface area contributed by atoms with Gasteiger partial charge in [0.25, 0.3) is 0 Å². The maximum Gasteiger partial charge on any atom is 0.202 e. The summed E-state index contributed by atoms with van der Waals surface area (Å²) in [5, 5.41) is 7.56. The lowest BCUT2D eigenvalue weighted by Crippen LogP contribution is -1.91. The van der Waals surface area contributed by atoms with Gasteiger partial charge in [-0.25, -0.2) is 0 Å². The molecular formula is C8H7N4. The molecule has 0 amide bonds. The van der Waals surface area contributed by atoms with Crippen LogP contribution in [0.3, 0.4) is 0 Å². The highest BCUT2D eigenvalue weighted by molar-refractivity contribution is 5.52. The summed E-state index contributed by atoms with van der Waals surface area (Å²) in [4.78, 5) is 3.99. The van der Waals surface area contributed by atoms with Crippen LogP contribution in [0.25, 0.3) is 11.4 Å². The maximum atomic E-state index is 3.99. The van der Waals surface area contributed by atoms with Crippen molar-refractivity contribution in [3.05, 3.63) is 30.9 Å². The monoisotopic (exact) mass is 159 g/mol. The fourth-order valence-electron chi connectivity index (χ4n) is 0.998. The highest BCUT2D eigenvalue weighted by Crippen LogP contribution is 2.11. The van der Waals surface area contributed by atoms with E-state index in [0.29, 0.717) is 0 Å². The predicted molar refractivity (Wildman–Crippen MR) is 43.1 cm³/mol. The second-order valence-corrected chi connectivity index (χ2v) is 2.42. The molecule has 4 heteroatoms. The molecule has 2 heterocycles. The minimum Gasteiger partial charge on any atom is -0.307 e. The van der Waals surface area contributed by atoms with Crippen LogP contribution >= 0.6 is 0 Å². The molecular weight excluding hydrogens is 152 g/mol. The van der Waals surface area contributed by atoms with Gasteiger partial charge < -0.3 is 4.57 Å². The molecule has 0 saturated carbocycles. The van der Waals surface area contributed by atoms with E-state index in [2.05, 4.69) is 21.5 Å². The van der Waals surface area contributed by atoms with E-state index in [1.165, 1.54) is 0 Å². The Labute approximate surface area is 69.9 Å². The van der Waals surface area contributed by atoms with Gasteiger partial charge in [0, 0.05) is 25.0 Å². The summed E-state index contributed by atoms with van der Waals surface area (Å²) in [7, 11) is 1.85. The Kier molecular flexibility index (Phi) is 1.59. The molecule has 2 aromatic heterocycles. The SMILES string of the molecule is Cn1[c]nnc1-c1cccnc1. The first-order valence-corrected chi connectivity index (χ1v) is 3.55. The van der Waals surface area contributed by atoms with Gasteiger partial charge in [0.15, 0.2) is 5.82 Å². The molecule has 0 fully saturated rings. The van der Waals surface area contributed by atoms with E-state index in [1.807, 2.05) is 19.2 Å². The average molecular weight is 159 g/mol. The van der Waals surface area contributed by atoms with Crippen molar-refractivity contribution in [2.24, 2.45) is 7.05 Å². The lowest BCUT2D eigenvalue weighted by atomic mass is 10.3. The Morgan fingerprint density at radius 2 is 2.42 bits per heavy atom. The van der Waals surface area contributed by atoms with E-state index in [1.54, 1.807) is 17.0 Å². The molecule has 2 rings (SSSR count). The second-order valence-electron chi connectivity index (χ2n) is 2.42. The van der Waals surface area contributed by atoms with Crippen molar-refractivity contribution in [1.29, 1.82) is 0 Å². The van der Waals surface area contributed by atoms with Crippen LogP contribution < -0.4 is 0 Å². The highest BCUT2D eigenvalue weighted by Gasteiger charge is 2.02. The summed E-state index contributed by atoms with van der Waals surface area (Å²) in [5.74, 6) is 0.781. The van der Waals surface area contributed by atoms with Crippen LogP contribution in [0.2, 0.25) is 0 Å². The molecule has 0 unspecified atom stereocenters. The van der Waals surface area contributed by atoms with Gasteiger partial charge in [-0.05, 0) is 12.1 Å². The minimum atomic E-state index is 0.781. The zero-order chi connectivity index (χ0) is 8.39. The summed E-state index contributed by atoms with van der Waals surface area (Å²) in [6.07, 6.45) is 6.17. The highest BCUT2D eigenvalue weighted by atomic mass is 15.2. The summed E-state index contributed by atoms with van der Waals surface area (Å²) >= 11 is 0. The third-order valence-electron chi connectivity index (χ3n) is 1.58. The van der Waals surface area contributed by atoms with Crippen LogP contribution in [-0.4, -0.2) is 19.7 Å². The topological polar surface area (TPSA) is 43.6 Å². The lowest BCUT2D eigenvalue weighted by Gasteiger charge is -1.96. The van der Waals surface area contributed by atoms with Crippen LogP contribution in [0, 0.1) is 6.33 Å². The third-order valence-corrected chi connectivity index (χ3v) is 1.58. The Morgan fingerprint density at radius 3 is 3.00 bits per heavy atom. The first-order valence-electron chi connectivity index (χ1n) is 3.55. The van der Waals surface area contributed by atoms with E-state index in [0.717, 1.165) is 11.4 Å². The standard InChI is InChI=1S/C8H7N4/c1-12-6-10-11-8(12)7-3-2-4-9-5-7/h2-5H,1H3. The molecule has 0 aliphatic rings. The quantitative estimate of drug-likeness (QED) is 0.614. The number of hydrogen-bond acceptors (Lipinski definition) is 3. The lowest BCUT2D eigenvalue weighted by molar-refractivity contribution is 0.909. The molecule has 0 spiro atoms. The van der Waals surface area contributed by atoms with Gasteiger partial charge in [-0.1, -0.05) is 0 Å². The van der Waals surface area contributed by atoms with E-state index >= 15 is 0 Å². The Morgan fingerprint density at radius 1 is 1.50 bits per heavy atom. The molecule has 0 aliphatic carbocycles. The molecule has 0 aliphatic heterocycles. The summed E-state index contributed by atoms with van der Waals surface area (Å²) in [5.41, 5.74) is 0.953. The normalized spacial score (nSPS) is 10.1. The zero-order valence-electron chi connectivity index (χ0n) is 6.60. The number of rotatable bonds is 1. The number of aryl methyl sites for hydroxylation is 1. The molecule has 2 aromatic rings. The molecule has 0 aromatic carbocycles. The fourth-order valence-corrected chi connectivity index (χ4v) is 0.998. The van der Waals surface area contributed by atoms with E-state index in [-0.39, 0.29) is 0 Å². The van der Waals surface area contributed by atoms with Gasteiger partial charge in [0.1, 0.15) is 0 Å². The molecule has 0 bridgehead atoms. The fraction of sp³-hybridized carbons (Fsp3) is 0.125. The Hall–Kier alpha value is -1.71. The molecule has 0 saturated heterocycles. The largest absolute Gasteiger partial charge is 0.307 e. The predicted octanol–water partition coefficient (Wildman–Crippen LogP) is 0.677. The molecule has 0 atom stereocenters. The number of hydrogen-bond donors (Lipinski definition) is 0. The van der Waals surface area contributed by atoms with Crippen molar-refractivity contribution in [3.63, 3.8) is 0 Å². The molecule has 12 heavy (non-hydrogen) atoms. The van der Waals surface area contributed by atoms with E-state index in [9.17, 15) is 0 Å². The van der Waals surface area contributed by atoms with E-state index < -0.39 is 0 Å². The van der Waals surface area contributed by atoms with Crippen LogP contribution in [0.4, 0.5) is 0 Å². The maximum absolute atomic E-state index is 3.99. The van der Waals surface area contributed by atoms with Gasteiger partial charge >= 0.3 is 0 Å². The summed E-state index contributed by atoms with van der Waals surface area (Å²) in [6.45, 7) is 0. The average Bonchev–Trinajstić information content (AvgIpc) is 2.53. The molecule has 59 valence electrons. The number of nitrogens with zero attached hydrogens (tertiary/aromatic N) is 4. The van der Waals surface area contributed by atoms with Crippen LogP contribution in [-0.2, 0) is 7.05 Å². The zero-order valence-corrected chi connectivity index (χ0v) is 6.60. The number of pyridine rings is 1. The van der Waals surface area contributed by atoms with Crippen molar-refractivity contribution >= 4 is 0 Å². The van der Waals surface area contributed by atoms with Crippen LogP contribution in [0.1, 0.15) is 0 Å². The minimum absolute atomic E-state index is 0.781. The first kappa shape index (κ1) is 6.97. The van der Waals surface area contributed by atoms with Gasteiger partial charge in [-0.15, -0.1) is 10.2 Å². The number of aromatic nitrogens is 4. The van der Waals surface area contributed by atoms with Gasteiger partial charge in [0.2, 0.25) is 6.33 Å². The first-order chi connectivity index (χ1) is 5.88. The second kappa shape index (κ2) is 2.73. The van der Waals surface area contributed by atoms with Crippen LogP contribution in [0.5, 0.6) is 0 Å². The van der Waals surface area contributed by atoms with Crippen molar-refractivity contribution in [2.75, 3.05) is 0 Å². The van der Waals surface area contributed by atoms with Crippen molar-refractivity contribution < 1.29 is 0 Å². The van der Waals surface area contributed by atoms with Crippen molar-refractivity contribution in [1.82, 2.24) is 19.7 Å². The molecule has 0 N–H and O–H groups in total. The third kappa shape index (κ3) is 1.07. The van der Waals surface area contributed by atoms with Gasteiger partial charge in [0.05, 0.1) is 0 Å². The smallest absolute Gasteiger partial charge is 0.202 e. The van der Waals surface area contributed by atoms with E-state index in [4.69, 9.17) is 0 Å². The summed E-state index contributed by atoms with van der Waals surface area (Å²) < 4.78 is 1.73. The van der Waals surface area contributed by atoms with Gasteiger partial charge in [-0.3, -0.25) is 4.98 Å². The Bertz CT molecular complexity index is 366. The van der Waals surface area contributed by atoms with Crippen molar-refractivity contribution in [3.8, 4) is 11.4 Å². The van der Waals surface area contributed by atoms with Crippen LogP contribution in [0.15, 0.2) is 24.5 Å². The molecule has 4 nitrogen and oxygen atoms in total. The summed E-state index contributed by atoms with van der Waals surface area (Å²) in [6, 6.07) is 3.80. The van der Waals surface area contributed by atoms with Gasteiger partial charge in [-0.2, -0.15) is 0 Å². The molecule has 1 radical (unpaired) electrons.